The number of fused-ring (bicyclic) bond motifs is 2. The molecule has 1 aromatic rings. The summed E-state index contributed by atoms with van der Waals surface area (Å²) in [5.74, 6) is -0.160. The van der Waals surface area contributed by atoms with Crippen LogP contribution in [0.3, 0.4) is 0 Å². The number of benzene rings is 1. The van der Waals surface area contributed by atoms with Gasteiger partial charge >= 0.3 is 0 Å². The second-order valence-corrected chi connectivity index (χ2v) is 4.90. The molecule has 1 aliphatic carbocycles. The van der Waals surface area contributed by atoms with Crippen molar-refractivity contribution in [2.75, 3.05) is 0 Å². The van der Waals surface area contributed by atoms with Gasteiger partial charge in [-0.1, -0.05) is 30.3 Å². The van der Waals surface area contributed by atoms with Crippen LogP contribution in [0, 0.1) is 22.7 Å². The van der Waals surface area contributed by atoms with Gasteiger partial charge in [-0.3, -0.25) is 4.79 Å². The van der Waals surface area contributed by atoms with Gasteiger partial charge in [0.1, 0.15) is 17.8 Å². The van der Waals surface area contributed by atoms with Crippen LogP contribution in [0.2, 0.25) is 0 Å². The third-order valence-corrected chi connectivity index (χ3v) is 3.68. The zero-order chi connectivity index (χ0) is 14.8. The van der Waals surface area contributed by atoms with Crippen molar-refractivity contribution in [2.24, 2.45) is 4.99 Å². The van der Waals surface area contributed by atoms with Crippen molar-refractivity contribution in [3.63, 3.8) is 0 Å². The molecule has 0 amide bonds. The molecular weight excluding hydrogens is 262 g/mol. The average molecular weight is 273 g/mol. The van der Waals surface area contributed by atoms with Gasteiger partial charge in [-0.05, 0) is 30.4 Å². The number of hydrogen-bond donors (Lipinski definition) is 0. The molecule has 4 heteroatoms. The summed E-state index contributed by atoms with van der Waals surface area (Å²) in [5.41, 5.74) is 3.00. The lowest BCUT2D eigenvalue weighted by atomic mass is 10.0. The lowest BCUT2D eigenvalue weighted by Crippen LogP contribution is -2.03. The van der Waals surface area contributed by atoms with Gasteiger partial charge < -0.3 is 0 Å². The zero-order valence-electron chi connectivity index (χ0n) is 11.3. The maximum absolute atomic E-state index is 12.5. The summed E-state index contributed by atoms with van der Waals surface area (Å²) in [6.45, 7) is 0. The van der Waals surface area contributed by atoms with Crippen molar-refractivity contribution in [1.82, 2.24) is 0 Å². The Morgan fingerprint density at radius 3 is 2.57 bits per heavy atom. The molecule has 1 heterocycles. The highest BCUT2D eigenvalue weighted by molar-refractivity contribution is 6.24. The first-order valence-corrected chi connectivity index (χ1v) is 6.73. The van der Waals surface area contributed by atoms with Crippen LogP contribution in [0.1, 0.15) is 35.2 Å². The standard InChI is InChI=1S/C17H11N3O/c18-9-11-5-1-2-7-13-12-6-3-4-8-14(12)17(21)16(13)20-15(11)10-19/h3-6,8H,1-2,7H2/b11-5-,20-15?. The molecule has 4 nitrogen and oxygen atoms in total. The van der Waals surface area contributed by atoms with E-state index in [-0.39, 0.29) is 17.1 Å². The number of carbonyl (C=O) groups is 1. The molecule has 0 N–H and O–H groups in total. The highest BCUT2D eigenvalue weighted by Crippen LogP contribution is 2.37. The molecule has 0 saturated heterocycles. The molecule has 2 aliphatic rings. The number of Topliss-reactive ketones (excluding diaryl/α,β-unsaturated/α-hetero) is 1. The molecule has 0 saturated carbocycles. The van der Waals surface area contributed by atoms with E-state index in [2.05, 4.69) is 4.99 Å². The van der Waals surface area contributed by atoms with Gasteiger partial charge in [-0.25, -0.2) is 4.99 Å². The fourth-order valence-corrected chi connectivity index (χ4v) is 2.69. The van der Waals surface area contributed by atoms with E-state index in [9.17, 15) is 10.1 Å². The van der Waals surface area contributed by atoms with Gasteiger partial charge in [0.15, 0.2) is 5.71 Å². The molecule has 0 spiro atoms. The minimum Gasteiger partial charge on any atom is -0.287 e. The second kappa shape index (κ2) is 5.19. The van der Waals surface area contributed by atoms with E-state index in [1.165, 1.54) is 0 Å². The molecule has 0 unspecified atom stereocenters. The first-order valence-electron chi connectivity index (χ1n) is 6.73. The number of hydrogen-bond acceptors (Lipinski definition) is 4. The normalized spacial score (nSPS) is 19.8. The third kappa shape index (κ3) is 2.07. The van der Waals surface area contributed by atoms with E-state index in [0.717, 1.165) is 24.0 Å². The molecule has 0 bridgehead atoms. The van der Waals surface area contributed by atoms with Crippen molar-refractivity contribution in [1.29, 1.82) is 10.5 Å². The first kappa shape index (κ1) is 13.0. The van der Waals surface area contributed by atoms with Gasteiger partial charge in [-0.2, -0.15) is 10.5 Å². The summed E-state index contributed by atoms with van der Waals surface area (Å²) in [7, 11) is 0. The quantitative estimate of drug-likeness (QED) is 0.728. The number of allylic oxidation sites excluding steroid dienone is 4. The largest absolute Gasteiger partial charge is 0.287 e. The number of aliphatic imine (C=N–C) groups is 1. The number of nitriles is 2. The summed E-state index contributed by atoms with van der Waals surface area (Å²) in [4.78, 5) is 16.7. The average Bonchev–Trinajstić information content (AvgIpc) is 2.83. The van der Waals surface area contributed by atoms with Crippen LogP contribution in [-0.4, -0.2) is 11.5 Å². The molecule has 0 aromatic heterocycles. The topological polar surface area (TPSA) is 77.0 Å². The van der Waals surface area contributed by atoms with Crippen LogP contribution in [0.5, 0.6) is 0 Å². The van der Waals surface area contributed by atoms with Gasteiger partial charge in [-0.15, -0.1) is 0 Å². The van der Waals surface area contributed by atoms with Crippen LogP contribution in [0.15, 0.2) is 46.6 Å². The molecule has 100 valence electrons. The van der Waals surface area contributed by atoms with Crippen molar-refractivity contribution in [3.05, 3.63) is 52.7 Å². The van der Waals surface area contributed by atoms with Crippen molar-refractivity contribution < 1.29 is 4.79 Å². The Balaban J connectivity index is 2.22. The Hall–Kier alpha value is -2.98. The van der Waals surface area contributed by atoms with Crippen LogP contribution in [0.4, 0.5) is 0 Å². The second-order valence-electron chi connectivity index (χ2n) is 4.90. The minimum absolute atomic E-state index is 0.0213. The van der Waals surface area contributed by atoms with Crippen LogP contribution in [0.25, 0.3) is 5.57 Å². The number of nitrogens with zero attached hydrogens (tertiary/aromatic N) is 3. The van der Waals surface area contributed by atoms with Crippen LogP contribution in [-0.2, 0) is 0 Å². The van der Waals surface area contributed by atoms with Crippen molar-refractivity contribution >= 4 is 17.1 Å². The zero-order valence-corrected chi connectivity index (χ0v) is 11.3. The Kier molecular flexibility index (Phi) is 3.22. The van der Waals surface area contributed by atoms with Crippen molar-refractivity contribution in [3.8, 4) is 12.1 Å². The molecule has 1 aliphatic heterocycles. The van der Waals surface area contributed by atoms with E-state index < -0.39 is 0 Å². The van der Waals surface area contributed by atoms with Crippen LogP contribution >= 0.6 is 0 Å². The third-order valence-electron chi connectivity index (χ3n) is 3.68. The highest BCUT2D eigenvalue weighted by Gasteiger charge is 2.29. The summed E-state index contributed by atoms with van der Waals surface area (Å²) in [6, 6.07) is 11.3. The Bertz CT molecular complexity index is 813. The van der Waals surface area contributed by atoms with Gasteiger partial charge in [0.2, 0.25) is 5.78 Å². The molecule has 1 aromatic carbocycles. The summed E-state index contributed by atoms with van der Waals surface area (Å²) in [5, 5.41) is 18.3. The van der Waals surface area contributed by atoms with E-state index >= 15 is 0 Å². The maximum Gasteiger partial charge on any atom is 0.212 e. The van der Waals surface area contributed by atoms with E-state index in [0.29, 0.717) is 17.7 Å². The Morgan fingerprint density at radius 2 is 1.86 bits per heavy atom. The molecule has 3 rings (SSSR count). The summed E-state index contributed by atoms with van der Waals surface area (Å²) in [6.07, 6.45) is 3.95. The van der Waals surface area contributed by atoms with Gasteiger partial charge in [0, 0.05) is 5.56 Å². The number of ketones is 1. The fraction of sp³-hybridized carbons (Fsp3) is 0.176. The predicted octanol–water partition coefficient (Wildman–Crippen LogP) is 3.19. The maximum atomic E-state index is 12.5. The first-order chi connectivity index (χ1) is 10.3. The van der Waals surface area contributed by atoms with Gasteiger partial charge in [0.25, 0.3) is 0 Å². The fourth-order valence-electron chi connectivity index (χ4n) is 2.69. The molecule has 0 radical (unpaired) electrons. The van der Waals surface area contributed by atoms with E-state index in [4.69, 9.17) is 5.26 Å². The number of rotatable bonds is 0. The molecule has 21 heavy (non-hydrogen) atoms. The van der Waals surface area contributed by atoms with Gasteiger partial charge in [0.05, 0.1) is 5.57 Å². The van der Waals surface area contributed by atoms with Crippen LogP contribution < -0.4 is 0 Å². The minimum atomic E-state index is -0.160. The smallest absolute Gasteiger partial charge is 0.212 e. The molecule has 0 fully saturated rings. The molecule has 0 atom stereocenters. The summed E-state index contributed by atoms with van der Waals surface area (Å²) < 4.78 is 0. The Labute approximate surface area is 122 Å². The monoisotopic (exact) mass is 273 g/mol. The van der Waals surface area contributed by atoms with E-state index in [1.807, 2.05) is 30.3 Å². The molecular formula is C17H11N3O. The SMILES string of the molecule is N#CC1=NC2=C(CCC/C=C\1C#N)c1ccccc1C2=O. The van der Waals surface area contributed by atoms with E-state index in [1.54, 1.807) is 12.1 Å². The highest BCUT2D eigenvalue weighted by atomic mass is 16.1. The number of carbonyl (C=O) groups excluding carboxylic acids is 1. The predicted molar refractivity (Wildman–Crippen MR) is 78.3 cm³/mol. The Morgan fingerprint density at radius 1 is 1.10 bits per heavy atom. The lowest BCUT2D eigenvalue weighted by Gasteiger charge is -2.03. The lowest BCUT2D eigenvalue weighted by molar-refractivity contribution is 0.103. The van der Waals surface area contributed by atoms with Crippen molar-refractivity contribution in [2.45, 2.75) is 19.3 Å². The summed E-state index contributed by atoms with van der Waals surface area (Å²) >= 11 is 0.